The molecule has 21 heavy (non-hydrogen) atoms. The molecule has 3 rings (SSSR count). The summed E-state index contributed by atoms with van der Waals surface area (Å²) in [5.41, 5.74) is 3.63. The summed E-state index contributed by atoms with van der Waals surface area (Å²) in [6.45, 7) is -0.990. The van der Waals surface area contributed by atoms with Gasteiger partial charge >= 0.3 is 0 Å². The first kappa shape index (κ1) is 14.1. The van der Waals surface area contributed by atoms with Crippen LogP contribution in [-0.2, 0) is 0 Å². The number of fused-ring (bicyclic) bond motifs is 1. The number of nitrogen functional groups attached to an aromatic ring is 1. The molecule has 0 spiro atoms. The van der Waals surface area contributed by atoms with E-state index in [1.54, 1.807) is 0 Å². The Morgan fingerprint density at radius 1 is 1.29 bits per heavy atom. The summed E-state index contributed by atoms with van der Waals surface area (Å²) >= 11 is 0. The van der Waals surface area contributed by atoms with Gasteiger partial charge in [-0.3, -0.25) is 0 Å². The van der Waals surface area contributed by atoms with Crippen LogP contribution >= 0.6 is 0 Å². The van der Waals surface area contributed by atoms with Gasteiger partial charge in [0, 0.05) is 0 Å². The molecular weight excluding hydrogens is 285 g/mol. The van der Waals surface area contributed by atoms with Crippen molar-refractivity contribution in [3.63, 3.8) is 0 Å². The van der Waals surface area contributed by atoms with Crippen LogP contribution in [0, 0.1) is 0 Å². The van der Waals surface area contributed by atoms with Crippen LogP contribution in [-0.4, -0.2) is 70.5 Å². The molecule has 0 radical (unpaired) electrons. The first-order chi connectivity index (χ1) is 9.91. The highest BCUT2D eigenvalue weighted by Gasteiger charge is 2.60. The predicted octanol–water partition coefficient (Wildman–Crippen LogP) is -2.25. The lowest BCUT2D eigenvalue weighted by atomic mass is 9.98. The highest BCUT2D eigenvalue weighted by Crippen LogP contribution is 2.41. The Bertz CT molecular complexity index is 682. The Balaban J connectivity index is 2.13. The zero-order valence-corrected chi connectivity index (χ0v) is 10.7. The maximum absolute atomic E-state index is 14.3. The lowest BCUT2D eigenvalue weighted by Crippen LogP contribution is -2.51. The van der Waals surface area contributed by atoms with Crippen molar-refractivity contribution in [2.75, 3.05) is 12.3 Å². The third kappa shape index (κ3) is 1.73. The third-order valence-corrected chi connectivity index (χ3v) is 3.94. The number of aliphatic hydroxyl groups is 4. The summed E-state index contributed by atoms with van der Waals surface area (Å²) in [7, 11) is 0. The van der Waals surface area contributed by atoms with Gasteiger partial charge < -0.3 is 30.7 Å². The number of nitrogens with two attached hydrogens (primary N) is 1. The minimum absolute atomic E-state index is 0.0830. The number of aliphatic hydroxyl groups excluding tert-OH is 3. The highest BCUT2D eigenvalue weighted by atomic mass is 19.1. The number of rotatable bonds is 2. The standard InChI is InChI=1S/C11H14FN5O4/c12-4-6(8(20)11(21,1-18)7(4)19)17-3-16-5-9(13)14-2-15-10(5)17/h2-4,6-8,18-21H,1H2,(H2,13,14,15)/t4-,6+,7-,8-,11+/m1/s1. The summed E-state index contributed by atoms with van der Waals surface area (Å²) in [5, 5.41) is 39.0. The quantitative estimate of drug-likeness (QED) is 0.417. The number of anilines is 1. The van der Waals surface area contributed by atoms with E-state index in [0.29, 0.717) is 0 Å². The lowest BCUT2D eigenvalue weighted by molar-refractivity contribution is -0.145. The largest absolute Gasteiger partial charge is 0.393 e. The number of hydrogen-bond donors (Lipinski definition) is 5. The van der Waals surface area contributed by atoms with E-state index in [1.807, 2.05) is 0 Å². The summed E-state index contributed by atoms with van der Waals surface area (Å²) in [6, 6.07) is -1.36. The van der Waals surface area contributed by atoms with Crippen LogP contribution in [0.3, 0.4) is 0 Å². The Morgan fingerprint density at radius 2 is 2.00 bits per heavy atom. The zero-order valence-electron chi connectivity index (χ0n) is 10.7. The van der Waals surface area contributed by atoms with E-state index in [4.69, 9.17) is 10.8 Å². The van der Waals surface area contributed by atoms with Gasteiger partial charge in [-0.15, -0.1) is 0 Å². The molecular formula is C11H14FN5O4. The van der Waals surface area contributed by atoms with Crippen LogP contribution in [0.25, 0.3) is 11.2 Å². The van der Waals surface area contributed by atoms with Crippen molar-refractivity contribution in [2.24, 2.45) is 0 Å². The second-order valence-electron chi connectivity index (χ2n) is 5.06. The SMILES string of the molecule is Nc1ncnc2c1ncn2[C@H]1[C@@H](F)[C@@H](O)[C@@](O)(CO)[C@@H]1O. The monoisotopic (exact) mass is 299 g/mol. The average molecular weight is 299 g/mol. The van der Waals surface area contributed by atoms with E-state index >= 15 is 0 Å². The van der Waals surface area contributed by atoms with E-state index in [-0.39, 0.29) is 17.0 Å². The second-order valence-corrected chi connectivity index (χ2v) is 5.06. The van der Waals surface area contributed by atoms with Crippen molar-refractivity contribution in [1.29, 1.82) is 0 Å². The molecule has 1 aliphatic rings. The summed E-state index contributed by atoms with van der Waals surface area (Å²) < 4.78 is 15.5. The summed E-state index contributed by atoms with van der Waals surface area (Å²) in [4.78, 5) is 11.6. The van der Waals surface area contributed by atoms with E-state index < -0.39 is 36.6 Å². The van der Waals surface area contributed by atoms with Crippen LogP contribution in [0.5, 0.6) is 0 Å². The first-order valence-corrected chi connectivity index (χ1v) is 6.18. The Labute approximate surface area is 117 Å². The molecule has 2 aromatic heterocycles. The van der Waals surface area contributed by atoms with E-state index in [2.05, 4.69) is 15.0 Å². The van der Waals surface area contributed by atoms with Crippen molar-refractivity contribution in [3.8, 4) is 0 Å². The summed E-state index contributed by atoms with van der Waals surface area (Å²) in [6.07, 6.45) is -3.38. The van der Waals surface area contributed by atoms with Gasteiger partial charge in [0.25, 0.3) is 0 Å². The minimum Gasteiger partial charge on any atom is -0.393 e. The molecule has 1 saturated carbocycles. The van der Waals surface area contributed by atoms with Gasteiger partial charge in [0.05, 0.1) is 19.0 Å². The molecule has 0 saturated heterocycles. The molecule has 1 aliphatic carbocycles. The number of aromatic nitrogens is 4. The summed E-state index contributed by atoms with van der Waals surface area (Å²) in [5.74, 6) is 0.0830. The van der Waals surface area contributed by atoms with Crippen LogP contribution in [0.15, 0.2) is 12.7 Å². The molecule has 10 heteroatoms. The molecule has 0 bridgehead atoms. The van der Waals surface area contributed by atoms with E-state index in [0.717, 1.165) is 6.33 Å². The highest BCUT2D eigenvalue weighted by molar-refractivity contribution is 5.81. The van der Waals surface area contributed by atoms with Gasteiger partial charge in [-0.1, -0.05) is 0 Å². The van der Waals surface area contributed by atoms with Crippen molar-refractivity contribution in [1.82, 2.24) is 19.5 Å². The molecule has 2 aromatic rings. The third-order valence-electron chi connectivity index (χ3n) is 3.94. The van der Waals surface area contributed by atoms with Crippen LogP contribution in [0.4, 0.5) is 10.2 Å². The average Bonchev–Trinajstić information content (AvgIpc) is 2.96. The van der Waals surface area contributed by atoms with Crippen LogP contribution in [0.2, 0.25) is 0 Å². The predicted molar refractivity (Wildman–Crippen MR) is 67.7 cm³/mol. The van der Waals surface area contributed by atoms with Gasteiger partial charge in [0.2, 0.25) is 0 Å². The van der Waals surface area contributed by atoms with Gasteiger partial charge in [-0.2, -0.15) is 0 Å². The molecule has 9 nitrogen and oxygen atoms in total. The normalized spacial score (nSPS) is 36.4. The molecule has 1 fully saturated rings. The molecule has 0 amide bonds. The Morgan fingerprint density at radius 3 is 2.62 bits per heavy atom. The number of halogens is 1. The number of alkyl halides is 1. The van der Waals surface area contributed by atoms with Crippen LogP contribution < -0.4 is 5.73 Å². The van der Waals surface area contributed by atoms with Crippen molar-refractivity contribution in [3.05, 3.63) is 12.7 Å². The first-order valence-electron chi connectivity index (χ1n) is 6.18. The number of hydrogen-bond acceptors (Lipinski definition) is 8. The van der Waals surface area contributed by atoms with E-state index in [1.165, 1.54) is 10.9 Å². The van der Waals surface area contributed by atoms with Crippen molar-refractivity contribution >= 4 is 17.0 Å². The minimum atomic E-state index is -2.36. The van der Waals surface area contributed by atoms with Gasteiger partial charge in [-0.25, -0.2) is 19.3 Å². The maximum atomic E-state index is 14.3. The Kier molecular flexibility index (Phi) is 3.06. The number of nitrogens with zero attached hydrogens (tertiary/aromatic N) is 4. The topological polar surface area (TPSA) is 151 Å². The zero-order chi connectivity index (χ0) is 15.4. The van der Waals surface area contributed by atoms with Crippen LogP contribution in [0.1, 0.15) is 6.04 Å². The Hall–Kier alpha value is -1.88. The second kappa shape index (κ2) is 4.56. The molecule has 2 heterocycles. The smallest absolute Gasteiger partial charge is 0.165 e. The fourth-order valence-corrected chi connectivity index (χ4v) is 2.69. The lowest BCUT2D eigenvalue weighted by Gasteiger charge is -2.28. The van der Waals surface area contributed by atoms with Crippen molar-refractivity contribution in [2.45, 2.75) is 30.0 Å². The molecule has 5 atom stereocenters. The number of imidazole rings is 1. The fourth-order valence-electron chi connectivity index (χ4n) is 2.69. The molecule has 114 valence electrons. The molecule has 0 aromatic carbocycles. The fraction of sp³-hybridized carbons (Fsp3) is 0.545. The molecule has 0 aliphatic heterocycles. The van der Waals surface area contributed by atoms with Crippen molar-refractivity contribution < 1.29 is 24.8 Å². The van der Waals surface area contributed by atoms with Gasteiger partial charge in [0.15, 0.2) is 17.6 Å². The van der Waals surface area contributed by atoms with Gasteiger partial charge in [0.1, 0.15) is 29.7 Å². The molecule has 6 N–H and O–H groups in total. The molecule has 0 unspecified atom stereocenters. The van der Waals surface area contributed by atoms with Gasteiger partial charge in [-0.05, 0) is 0 Å². The maximum Gasteiger partial charge on any atom is 0.165 e. The van der Waals surface area contributed by atoms with E-state index in [9.17, 15) is 19.7 Å².